The van der Waals surface area contributed by atoms with E-state index in [1.54, 1.807) is 0 Å². The molecule has 1 aliphatic rings. The van der Waals surface area contributed by atoms with Crippen molar-refractivity contribution >= 4 is 23.2 Å². The van der Waals surface area contributed by atoms with Gasteiger partial charge in [-0.1, -0.05) is 43.3 Å². The second-order valence-corrected chi connectivity index (χ2v) is 6.41. The van der Waals surface area contributed by atoms with Crippen molar-refractivity contribution in [1.29, 1.82) is 0 Å². The molecule has 1 atom stereocenters. The number of carbonyl (C=O) groups excluding carboxylic acids is 2. The Kier molecular flexibility index (Phi) is 5.49. The molecule has 1 aliphatic heterocycles. The van der Waals surface area contributed by atoms with Crippen molar-refractivity contribution in [2.75, 3.05) is 16.8 Å². The summed E-state index contributed by atoms with van der Waals surface area (Å²) in [4.78, 5) is 26.6. The van der Waals surface area contributed by atoms with Gasteiger partial charge in [0.1, 0.15) is 0 Å². The molecule has 4 nitrogen and oxygen atoms in total. The van der Waals surface area contributed by atoms with Gasteiger partial charge >= 0.3 is 0 Å². The predicted molar refractivity (Wildman–Crippen MR) is 101 cm³/mol. The summed E-state index contributed by atoms with van der Waals surface area (Å²) in [7, 11) is 0. The van der Waals surface area contributed by atoms with E-state index < -0.39 is 0 Å². The van der Waals surface area contributed by atoms with Crippen LogP contribution in [-0.4, -0.2) is 18.4 Å². The molecule has 1 heterocycles. The smallest absolute Gasteiger partial charge is 0.231 e. The molecular weight excluding hydrogens is 312 g/mol. The van der Waals surface area contributed by atoms with Crippen LogP contribution in [0.5, 0.6) is 0 Å². The summed E-state index contributed by atoms with van der Waals surface area (Å²) < 4.78 is 0. The molecule has 2 aromatic carbocycles. The highest BCUT2D eigenvalue weighted by Crippen LogP contribution is 2.26. The molecule has 0 bridgehead atoms. The molecule has 0 aliphatic carbocycles. The normalized spacial score (nSPS) is 15.7. The van der Waals surface area contributed by atoms with Gasteiger partial charge in [-0.05, 0) is 43.0 Å². The molecule has 25 heavy (non-hydrogen) atoms. The van der Waals surface area contributed by atoms with Gasteiger partial charge in [0.25, 0.3) is 0 Å². The molecule has 0 spiro atoms. The molecule has 2 aromatic rings. The number of hydrogen-bond donors (Lipinski definition) is 1. The molecule has 0 radical (unpaired) electrons. The maximum atomic E-state index is 12.7. The maximum absolute atomic E-state index is 12.7. The summed E-state index contributed by atoms with van der Waals surface area (Å²) in [6.07, 6.45) is 3.32. The Hall–Kier alpha value is -2.62. The second-order valence-electron chi connectivity index (χ2n) is 6.41. The van der Waals surface area contributed by atoms with Crippen molar-refractivity contribution in [3.05, 3.63) is 60.2 Å². The summed E-state index contributed by atoms with van der Waals surface area (Å²) in [6, 6.07) is 17.4. The van der Waals surface area contributed by atoms with Gasteiger partial charge in [-0.25, -0.2) is 0 Å². The summed E-state index contributed by atoms with van der Waals surface area (Å²) in [6.45, 7) is 2.76. The number of benzene rings is 2. The average Bonchev–Trinajstić information content (AvgIpc) is 2.64. The van der Waals surface area contributed by atoms with Gasteiger partial charge in [-0.3, -0.25) is 9.59 Å². The van der Waals surface area contributed by atoms with Crippen molar-refractivity contribution in [3.8, 4) is 0 Å². The van der Waals surface area contributed by atoms with Crippen LogP contribution in [0.15, 0.2) is 54.6 Å². The van der Waals surface area contributed by atoms with E-state index in [1.165, 1.54) is 0 Å². The quantitative estimate of drug-likeness (QED) is 0.883. The largest absolute Gasteiger partial charge is 0.325 e. The van der Waals surface area contributed by atoms with Crippen LogP contribution in [0.3, 0.4) is 0 Å². The van der Waals surface area contributed by atoms with E-state index in [9.17, 15) is 9.59 Å². The highest BCUT2D eigenvalue weighted by Gasteiger charge is 2.21. The molecule has 0 aromatic heterocycles. The summed E-state index contributed by atoms with van der Waals surface area (Å²) in [5.74, 6) is -0.0391. The maximum Gasteiger partial charge on any atom is 0.231 e. The first-order valence-electron chi connectivity index (χ1n) is 8.95. The number of nitrogens with one attached hydrogen (secondary N) is 1. The number of carbonyl (C=O) groups is 2. The lowest BCUT2D eigenvalue weighted by Gasteiger charge is -2.27. The highest BCUT2D eigenvalue weighted by atomic mass is 16.2. The first kappa shape index (κ1) is 17.2. The first-order chi connectivity index (χ1) is 12.2. The van der Waals surface area contributed by atoms with E-state index in [2.05, 4.69) is 5.32 Å². The van der Waals surface area contributed by atoms with Crippen molar-refractivity contribution in [2.45, 2.75) is 38.5 Å². The van der Waals surface area contributed by atoms with E-state index in [1.807, 2.05) is 66.4 Å². The fraction of sp³-hybridized carbons (Fsp3) is 0.333. The van der Waals surface area contributed by atoms with Gasteiger partial charge in [0.2, 0.25) is 11.8 Å². The van der Waals surface area contributed by atoms with Crippen LogP contribution in [0.2, 0.25) is 0 Å². The molecule has 1 saturated heterocycles. The molecule has 1 unspecified atom stereocenters. The second kappa shape index (κ2) is 7.97. The van der Waals surface area contributed by atoms with Gasteiger partial charge < -0.3 is 10.2 Å². The Bertz CT molecular complexity index is 743. The van der Waals surface area contributed by atoms with Crippen LogP contribution >= 0.6 is 0 Å². The van der Waals surface area contributed by atoms with Crippen molar-refractivity contribution in [3.63, 3.8) is 0 Å². The fourth-order valence-electron chi connectivity index (χ4n) is 3.32. The zero-order valence-corrected chi connectivity index (χ0v) is 14.6. The standard InChI is InChI=1S/C21H24N2O2/c1-2-19(16-9-4-3-5-10-16)21(25)22-17-11-8-12-18(15-17)23-14-7-6-13-20(23)24/h3-5,8-12,15,19H,2,6-7,13-14H2,1H3,(H,22,25). The Balaban J connectivity index is 1.75. The Morgan fingerprint density at radius 2 is 1.92 bits per heavy atom. The van der Waals surface area contributed by atoms with E-state index in [-0.39, 0.29) is 17.7 Å². The monoisotopic (exact) mass is 336 g/mol. The number of amides is 2. The molecule has 2 amide bonds. The van der Waals surface area contributed by atoms with E-state index in [0.717, 1.165) is 42.7 Å². The number of rotatable bonds is 5. The van der Waals surface area contributed by atoms with Crippen LogP contribution < -0.4 is 10.2 Å². The molecule has 3 rings (SSSR count). The summed E-state index contributed by atoms with van der Waals surface area (Å²) >= 11 is 0. The number of nitrogens with zero attached hydrogens (tertiary/aromatic N) is 1. The third-order valence-corrected chi connectivity index (χ3v) is 4.68. The van der Waals surface area contributed by atoms with Crippen LogP contribution in [0.1, 0.15) is 44.1 Å². The predicted octanol–water partition coefficient (Wildman–Crippen LogP) is 4.34. The van der Waals surface area contributed by atoms with E-state index in [0.29, 0.717) is 6.42 Å². The minimum Gasteiger partial charge on any atom is -0.325 e. The lowest BCUT2D eigenvalue weighted by Crippen LogP contribution is -2.35. The van der Waals surface area contributed by atoms with Crippen LogP contribution in [0.25, 0.3) is 0 Å². The number of hydrogen-bond acceptors (Lipinski definition) is 2. The summed E-state index contributed by atoms with van der Waals surface area (Å²) in [5.41, 5.74) is 2.61. The third-order valence-electron chi connectivity index (χ3n) is 4.68. The van der Waals surface area contributed by atoms with Crippen LogP contribution in [-0.2, 0) is 9.59 Å². The molecule has 1 N–H and O–H groups in total. The number of anilines is 2. The van der Waals surface area contributed by atoms with E-state index in [4.69, 9.17) is 0 Å². The number of piperidine rings is 1. The lowest BCUT2D eigenvalue weighted by atomic mass is 9.95. The van der Waals surface area contributed by atoms with Gasteiger partial charge in [-0.2, -0.15) is 0 Å². The van der Waals surface area contributed by atoms with Crippen LogP contribution in [0.4, 0.5) is 11.4 Å². The Morgan fingerprint density at radius 1 is 1.12 bits per heavy atom. The van der Waals surface area contributed by atoms with Gasteiger partial charge in [0, 0.05) is 24.3 Å². The van der Waals surface area contributed by atoms with Gasteiger partial charge in [0.05, 0.1) is 5.92 Å². The van der Waals surface area contributed by atoms with Crippen LogP contribution in [0, 0.1) is 0 Å². The van der Waals surface area contributed by atoms with E-state index >= 15 is 0 Å². The Morgan fingerprint density at radius 3 is 2.64 bits per heavy atom. The first-order valence-corrected chi connectivity index (χ1v) is 8.95. The molecule has 1 fully saturated rings. The van der Waals surface area contributed by atoms with Gasteiger partial charge in [0.15, 0.2) is 0 Å². The molecule has 4 heteroatoms. The SMILES string of the molecule is CCC(C(=O)Nc1cccc(N2CCCCC2=O)c1)c1ccccc1. The zero-order chi connectivity index (χ0) is 17.6. The minimum atomic E-state index is -0.179. The molecule has 130 valence electrons. The summed E-state index contributed by atoms with van der Waals surface area (Å²) in [5, 5.41) is 3.01. The fourth-order valence-corrected chi connectivity index (χ4v) is 3.32. The van der Waals surface area contributed by atoms with Crippen molar-refractivity contribution in [2.24, 2.45) is 0 Å². The average molecular weight is 336 g/mol. The Labute approximate surface area is 148 Å². The minimum absolute atomic E-state index is 0.0178. The van der Waals surface area contributed by atoms with Crippen molar-refractivity contribution in [1.82, 2.24) is 0 Å². The van der Waals surface area contributed by atoms with Gasteiger partial charge in [-0.15, -0.1) is 0 Å². The topological polar surface area (TPSA) is 49.4 Å². The zero-order valence-electron chi connectivity index (χ0n) is 14.6. The lowest BCUT2D eigenvalue weighted by molar-refractivity contribution is -0.119. The third kappa shape index (κ3) is 4.08. The van der Waals surface area contributed by atoms with Crippen molar-refractivity contribution < 1.29 is 9.59 Å². The highest BCUT2D eigenvalue weighted by molar-refractivity contribution is 5.98. The molecular formula is C21H24N2O2. The molecule has 0 saturated carbocycles.